The fourth-order valence-electron chi connectivity index (χ4n) is 1.84. The zero-order valence-electron chi connectivity index (χ0n) is 10.7. The number of nitrogens with two attached hydrogens (primary N) is 1. The van der Waals surface area contributed by atoms with Crippen molar-refractivity contribution in [3.63, 3.8) is 0 Å². The highest BCUT2D eigenvalue weighted by molar-refractivity contribution is 7.46. The minimum atomic E-state index is -4.67. The molecule has 1 atom stereocenters. The second-order valence-corrected chi connectivity index (χ2v) is 5.90. The van der Waals surface area contributed by atoms with E-state index in [0.717, 1.165) is 5.39 Å². The number of anilines is 1. The SMILES string of the molecule is CC(O)(COP(=O)(O)O)c1nc2ccccc2cc1N. The topological polar surface area (TPSA) is 126 Å². The summed E-state index contributed by atoms with van der Waals surface area (Å²) >= 11 is 0. The number of nitrogen functional groups attached to an aromatic ring is 1. The summed E-state index contributed by atoms with van der Waals surface area (Å²) in [5, 5.41) is 11.1. The molecule has 0 fully saturated rings. The van der Waals surface area contributed by atoms with Crippen LogP contribution in [0.2, 0.25) is 0 Å². The number of rotatable bonds is 4. The van der Waals surface area contributed by atoms with Crippen molar-refractivity contribution in [1.29, 1.82) is 0 Å². The maximum atomic E-state index is 10.7. The molecule has 20 heavy (non-hydrogen) atoms. The Kier molecular flexibility index (Phi) is 3.82. The molecule has 1 aromatic carbocycles. The minimum Gasteiger partial charge on any atom is -0.397 e. The van der Waals surface area contributed by atoms with Gasteiger partial charge in [0.05, 0.1) is 23.5 Å². The highest BCUT2D eigenvalue weighted by Crippen LogP contribution is 2.39. The first kappa shape index (κ1) is 14.9. The van der Waals surface area contributed by atoms with E-state index >= 15 is 0 Å². The Morgan fingerprint density at radius 1 is 1.40 bits per heavy atom. The zero-order valence-corrected chi connectivity index (χ0v) is 11.6. The number of hydrogen-bond donors (Lipinski definition) is 4. The summed E-state index contributed by atoms with van der Waals surface area (Å²) in [5.41, 5.74) is 5.09. The quantitative estimate of drug-likeness (QED) is 0.623. The average molecular weight is 298 g/mol. The van der Waals surface area contributed by atoms with Gasteiger partial charge in [-0.15, -0.1) is 0 Å². The first-order valence-corrected chi connectivity index (χ1v) is 7.30. The molecule has 7 nitrogen and oxygen atoms in total. The number of pyridine rings is 1. The molecule has 2 aromatic rings. The number of para-hydroxylation sites is 1. The monoisotopic (exact) mass is 298 g/mol. The molecule has 108 valence electrons. The van der Waals surface area contributed by atoms with Gasteiger partial charge >= 0.3 is 7.82 Å². The van der Waals surface area contributed by atoms with Crippen LogP contribution in [0.1, 0.15) is 12.6 Å². The van der Waals surface area contributed by atoms with E-state index in [4.69, 9.17) is 15.5 Å². The molecule has 5 N–H and O–H groups in total. The minimum absolute atomic E-state index is 0.115. The Bertz CT molecular complexity index is 683. The fraction of sp³-hybridized carbons (Fsp3) is 0.250. The van der Waals surface area contributed by atoms with E-state index in [0.29, 0.717) is 5.52 Å². The van der Waals surface area contributed by atoms with Gasteiger partial charge in [0, 0.05) is 5.39 Å². The van der Waals surface area contributed by atoms with Crippen LogP contribution in [-0.2, 0) is 14.7 Å². The summed E-state index contributed by atoms with van der Waals surface area (Å²) in [7, 11) is -4.67. The first-order chi connectivity index (χ1) is 9.19. The van der Waals surface area contributed by atoms with Gasteiger partial charge in [0.15, 0.2) is 0 Å². The highest BCUT2D eigenvalue weighted by Gasteiger charge is 2.31. The lowest BCUT2D eigenvalue weighted by Gasteiger charge is -2.24. The summed E-state index contributed by atoms with van der Waals surface area (Å²) in [6.07, 6.45) is 0. The number of nitrogens with zero attached hydrogens (tertiary/aromatic N) is 1. The Morgan fingerprint density at radius 2 is 2.05 bits per heavy atom. The zero-order chi connectivity index (χ0) is 15.0. The van der Waals surface area contributed by atoms with E-state index < -0.39 is 20.0 Å². The van der Waals surface area contributed by atoms with Gasteiger partial charge in [0.25, 0.3) is 0 Å². The van der Waals surface area contributed by atoms with Crippen LogP contribution in [0.5, 0.6) is 0 Å². The number of fused-ring (bicyclic) bond motifs is 1. The molecule has 0 spiro atoms. The number of aliphatic hydroxyl groups is 1. The maximum Gasteiger partial charge on any atom is 0.469 e. The molecule has 1 heterocycles. The molecule has 1 aromatic heterocycles. The number of benzene rings is 1. The number of hydrogen-bond acceptors (Lipinski definition) is 5. The normalized spacial score (nSPS) is 15.2. The molecule has 0 aliphatic rings. The van der Waals surface area contributed by atoms with Gasteiger partial charge in [-0.1, -0.05) is 18.2 Å². The van der Waals surface area contributed by atoms with Crippen LogP contribution < -0.4 is 5.73 Å². The van der Waals surface area contributed by atoms with Gasteiger partial charge < -0.3 is 20.6 Å². The number of phosphoric ester groups is 1. The molecular formula is C12H15N2O5P. The van der Waals surface area contributed by atoms with Crippen LogP contribution >= 0.6 is 7.82 Å². The van der Waals surface area contributed by atoms with Crippen LogP contribution in [0.25, 0.3) is 10.9 Å². The van der Waals surface area contributed by atoms with Gasteiger partial charge in [0.1, 0.15) is 5.60 Å². The molecule has 8 heteroatoms. The van der Waals surface area contributed by atoms with E-state index in [1.54, 1.807) is 18.2 Å². The van der Waals surface area contributed by atoms with Gasteiger partial charge in [0.2, 0.25) is 0 Å². The number of aromatic nitrogens is 1. The third-order valence-corrected chi connectivity index (χ3v) is 3.24. The van der Waals surface area contributed by atoms with Crippen LogP contribution in [0.15, 0.2) is 30.3 Å². The van der Waals surface area contributed by atoms with E-state index in [2.05, 4.69) is 9.51 Å². The van der Waals surface area contributed by atoms with Crippen LogP contribution in [0, 0.1) is 0 Å². The van der Waals surface area contributed by atoms with Crippen LogP contribution in [-0.4, -0.2) is 26.5 Å². The Hall–Kier alpha value is -1.50. The lowest BCUT2D eigenvalue weighted by molar-refractivity contribution is -0.00534. The maximum absolute atomic E-state index is 10.7. The predicted octanol–water partition coefficient (Wildman–Crippen LogP) is 1.13. The standard InChI is InChI=1S/C12H15N2O5P/c1-12(15,7-19-20(16,17)18)11-9(13)6-8-4-2-3-5-10(8)14-11/h2-6,15H,7,13H2,1H3,(H2,16,17,18). The Labute approximate surface area is 115 Å². The molecule has 1 unspecified atom stereocenters. The van der Waals surface area contributed by atoms with Crippen molar-refractivity contribution in [3.8, 4) is 0 Å². The summed E-state index contributed by atoms with van der Waals surface area (Å²) in [5.74, 6) is 0. The third-order valence-electron chi connectivity index (χ3n) is 2.78. The molecule has 0 radical (unpaired) electrons. The van der Waals surface area contributed by atoms with Crippen molar-refractivity contribution in [1.82, 2.24) is 4.98 Å². The van der Waals surface area contributed by atoms with E-state index in [9.17, 15) is 9.67 Å². The van der Waals surface area contributed by atoms with Crippen molar-refractivity contribution in [2.24, 2.45) is 0 Å². The molecule has 0 saturated carbocycles. The Balaban J connectivity index is 2.40. The van der Waals surface area contributed by atoms with Crippen molar-refractivity contribution in [2.45, 2.75) is 12.5 Å². The molecular weight excluding hydrogens is 283 g/mol. The van der Waals surface area contributed by atoms with Crippen molar-refractivity contribution >= 4 is 24.4 Å². The second-order valence-electron chi connectivity index (χ2n) is 4.66. The van der Waals surface area contributed by atoms with Crippen molar-refractivity contribution in [3.05, 3.63) is 36.0 Å². The smallest absolute Gasteiger partial charge is 0.397 e. The van der Waals surface area contributed by atoms with Crippen LogP contribution in [0.4, 0.5) is 5.69 Å². The second kappa shape index (κ2) is 5.12. The van der Waals surface area contributed by atoms with Gasteiger partial charge in [-0.2, -0.15) is 0 Å². The molecule has 2 rings (SSSR count). The largest absolute Gasteiger partial charge is 0.469 e. The van der Waals surface area contributed by atoms with E-state index in [-0.39, 0.29) is 11.4 Å². The predicted molar refractivity (Wildman–Crippen MR) is 73.7 cm³/mol. The van der Waals surface area contributed by atoms with Gasteiger partial charge in [-0.25, -0.2) is 9.55 Å². The molecule has 0 saturated heterocycles. The van der Waals surface area contributed by atoms with Crippen molar-refractivity contribution < 1.29 is 24.0 Å². The lowest BCUT2D eigenvalue weighted by Crippen LogP contribution is -2.29. The summed E-state index contributed by atoms with van der Waals surface area (Å²) in [6.45, 7) is 0.711. The fourth-order valence-corrected chi connectivity index (χ4v) is 2.26. The number of phosphoric acid groups is 1. The van der Waals surface area contributed by atoms with Gasteiger partial charge in [-0.3, -0.25) is 4.52 Å². The Morgan fingerprint density at radius 3 is 2.70 bits per heavy atom. The third kappa shape index (κ3) is 3.33. The lowest BCUT2D eigenvalue weighted by atomic mass is 10.00. The average Bonchev–Trinajstić information content (AvgIpc) is 2.35. The van der Waals surface area contributed by atoms with E-state index in [1.165, 1.54) is 6.92 Å². The molecule has 0 bridgehead atoms. The molecule has 0 aliphatic carbocycles. The first-order valence-electron chi connectivity index (χ1n) is 5.77. The molecule has 0 aliphatic heterocycles. The summed E-state index contributed by atoms with van der Waals surface area (Å²) in [6, 6.07) is 8.83. The summed E-state index contributed by atoms with van der Waals surface area (Å²) < 4.78 is 15.1. The van der Waals surface area contributed by atoms with Crippen LogP contribution in [0.3, 0.4) is 0 Å². The molecule has 0 amide bonds. The van der Waals surface area contributed by atoms with Crippen molar-refractivity contribution in [2.75, 3.05) is 12.3 Å². The highest BCUT2D eigenvalue weighted by atomic mass is 31.2. The summed E-state index contributed by atoms with van der Waals surface area (Å²) in [4.78, 5) is 21.6. The van der Waals surface area contributed by atoms with E-state index in [1.807, 2.05) is 12.1 Å². The van der Waals surface area contributed by atoms with Gasteiger partial charge in [-0.05, 0) is 19.1 Å².